The molecule has 0 fully saturated rings. The second-order valence-electron chi connectivity index (χ2n) is 3.69. The van der Waals surface area contributed by atoms with Gasteiger partial charge < -0.3 is 9.64 Å². The third-order valence-corrected chi connectivity index (χ3v) is 2.32. The highest BCUT2D eigenvalue weighted by molar-refractivity contribution is 5.95. The fraction of sp³-hybridized carbons (Fsp3) is 0.333. The molecule has 0 aliphatic rings. The van der Waals surface area contributed by atoms with Crippen molar-refractivity contribution >= 4 is 17.4 Å². The van der Waals surface area contributed by atoms with Crippen molar-refractivity contribution in [1.29, 1.82) is 0 Å². The minimum Gasteiger partial charge on any atom is -0.468 e. The van der Waals surface area contributed by atoms with E-state index in [0.717, 1.165) is 6.07 Å². The van der Waals surface area contributed by atoms with Crippen LogP contribution in [0.5, 0.6) is 0 Å². The number of rotatable bonds is 4. The summed E-state index contributed by atoms with van der Waals surface area (Å²) in [6, 6.07) is 3.96. The topological polar surface area (TPSA) is 46.6 Å². The molecule has 0 spiro atoms. The molecule has 0 unspecified atom stereocenters. The highest BCUT2D eigenvalue weighted by atomic mass is 19.1. The zero-order valence-corrected chi connectivity index (χ0v) is 9.99. The molecular weight excluding hydrogens is 225 g/mol. The number of carbonyl (C=O) groups excluding carboxylic acids is 2. The summed E-state index contributed by atoms with van der Waals surface area (Å²) in [6.45, 7) is 1.36. The number of halogens is 1. The van der Waals surface area contributed by atoms with Crippen LogP contribution in [0.1, 0.15) is 17.3 Å². The minimum absolute atomic E-state index is 0.00268. The van der Waals surface area contributed by atoms with E-state index in [0.29, 0.717) is 5.69 Å². The number of ether oxygens (including phenoxy) is 1. The molecule has 0 saturated carbocycles. The second kappa shape index (κ2) is 5.43. The lowest BCUT2D eigenvalue weighted by Crippen LogP contribution is -2.26. The number of hydrogen-bond donors (Lipinski definition) is 0. The number of Topliss-reactive ketones (excluding diaryl/α,β-unsaturated/α-hetero) is 1. The van der Waals surface area contributed by atoms with Crippen LogP contribution in [-0.2, 0) is 9.53 Å². The van der Waals surface area contributed by atoms with Gasteiger partial charge in [0.25, 0.3) is 0 Å². The lowest BCUT2D eigenvalue weighted by atomic mass is 10.1. The number of hydrogen-bond acceptors (Lipinski definition) is 4. The van der Waals surface area contributed by atoms with E-state index in [1.165, 1.54) is 31.1 Å². The van der Waals surface area contributed by atoms with E-state index in [2.05, 4.69) is 4.74 Å². The number of carbonyl (C=O) groups is 2. The molecule has 0 saturated heterocycles. The van der Waals surface area contributed by atoms with E-state index in [-0.39, 0.29) is 17.9 Å². The highest BCUT2D eigenvalue weighted by Gasteiger charge is 2.11. The Hall–Kier alpha value is -1.91. The van der Waals surface area contributed by atoms with Gasteiger partial charge in [0.2, 0.25) is 0 Å². The van der Waals surface area contributed by atoms with Gasteiger partial charge in [0.05, 0.1) is 7.11 Å². The maximum Gasteiger partial charge on any atom is 0.325 e. The lowest BCUT2D eigenvalue weighted by Gasteiger charge is -2.18. The fourth-order valence-corrected chi connectivity index (χ4v) is 1.35. The molecular formula is C12H14FNO3. The highest BCUT2D eigenvalue weighted by Crippen LogP contribution is 2.17. The van der Waals surface area contributed by atoms with E-state index < -0.39 is 11.8 Å². The van der Waals surface area contributed by atoms with Crippen molar-refractivity contribution in [2.75, 3.05) is 25.6 Å². The van der Waals surface area contributed by atoms with Gasteiger partial charge in [-0.3, -0.25) is 9.59 Å². The Kier molecular flexibility index (Phi) is 4.20. The van der Waals surface area contributed by atoms with Crippen LogP contribution in [0.15, 0.2) is 18.2 Å². The third kappa shape index (κ3) is 3.55. The first-order valence-electron chi connectivity index (χ1n) is 5.03. The summed E-state index contributed by atoms with van der Waals surface area (Å²) in [6.07, 6.45) is 0. The minimum atomic E-state index is -0.510. The molecule has 17 heavy (non-hydrogen) atoms. The Balaban J connectivity index is 2.97. The van der Waals surface area contributed by atoms with Crippen molar-refractivity contribution in [2.24, 2.45) is 0 Å². The second-order valence-corrected chi connectivity index (χ2v) is 3.69. The van der Waals surface area contributed by atoms with Crippen molar-refractivity contribution < 1.29 is 18.7 Å². The average Bonchev–Trinajstić information content (AvgIpc) is 2.27. The zero-order chi connectivity index (χ0) is 13.0. The van der Waals surface area contributed by atoms with Gasteiger partial charge >= 0.3 is 5.97 Å². The standard InChI is InChI=1S/C12H14FNO3/c1-8(15)9-4-10(13)6-11(5-9)14(2)7-12(16)17-3/h4-6H,7H2,1-3H3. The Labute approximate surface area is 99.0 Å². The molecule has 0 radical (unpaired) electrons. The molecule has 0 aliphatic heterocycles. The van der Waals surface area contributed by atoms with Gasteiger partial charge in [-0.05, 0) is 25.1 Å². The van der Waals surface area contributed by atoms with E-state index in [1.807, 2.05) is 0 Å². The Bertz CT molecular complexity index is 445. The zero-order valence-electron chi connectivity index (χ0n) is 9.99. The molecule has 92 valence electrons. The number of ketones is 1. The van der Waals surface area contributed by atoms with Gasteiger partial charge in [-0.15, -0.1) is 0 Å². The van der Waals surface area contributed by atoms with Crippen molar-refractivity contribution in [1.82, 2.24) is 0 Å². The fourth-order valence-electron chi connectivity index (χ4n) is 1.35. The van der Waals surface area contributed by atoms with Gasteiger partial charge in [-0.1, -0.05) is 0 Å². The molecule has 5 heteroatoms. The largest absolute Gasteiger partial charge is 0.468 e. The van der Waals surface area contributed by atoms with Crippen LogP contribution >= 0.6 is 0 Å². The first-order chi connectivity index (χ1) is 7.93. The maximum atomic E-state index is 13.3. The summed E-state index contributed by atoms with van der Waals surface area (Å²) in [7, 11) is 2.90. The normalized spacial score (nSPS) is 9.88. The van der Waals surface area contributed by atoms with Crippen molar-refractivity contribution in [3.8, 4) is 0 Å². The summed E-state index contributed by atoms with van der Waals surface area (Å²) in [5, 5.41) is 0. The Morgan fingerprint density at radius 2 is 2.00 bits per heavy atom. The van der Waals surface area contributed by atoms with Crippen LogP contribution in [0.25, 0.3) is 0 Å². The third-order valence-electron chi connectivity index (χ3n) is 2.32. The quantitative estimate of drug-likeness (QED) is 0.592. The first-order valence-corrected chi connectivity index (χ1v) is 5.03. The Morgan fingerprint density at radius 3 is 2.53 bits per heavy atom. The maximum absolute atomic E-state index is 13.3. The molecule has 0 N–H and O–H groups in total. The van der Waals surface area contributed by atoms with Gasteiger partial charge in [-0.25, -0.2) is 4.39 Å². The molecule has 1 aromatic carbocycles. The predicted molar refractivity (Wildman–Crippen MR) is 61.7 cm³/mol. The molecule has 0 aromatic heterocycles. The molecule has 0 amide bonds. The number of likely N-dealkylation sites (N-methyl/N-ethyl adjacent to an activating group) is 1. The summed E-state index contributed by atoms with van der Waals surface area (Å²) < 4.78 is 17.8. The number of methoxy groups -OCH3 is 1. The summed E-state index contributed by atoms with van der Waals surface area (Å²) in [5.41, 5.74) is 0.734. The number of benzene rings is 1. The molecule has 4 nitrogen and oxygen atoms in total. The number of nitrogens with zero attached hydrogens (tertiary/aromatic N) is 1. The Morgan fingerprint density at radius 1 is 1.35 bits per heavy atom. The molecule has 0 aliphatic carbocycles. The van der Waals surface area contributed by atoms with Crippen molar-refractivity contribution in [2.45, 2.75) is 6.92 Å². The van der Waals surface area contributed by atoms with Crippen molar-refractivity contribution in [3.05, 3.63) is 29.6 Å². The van der Waals surface area contributed by atoms with Gasteiger partial charge in [-0.2, -0.15) is 0 Å². The smallest absolute Gasteiger partial charge is 0.325 e. The van der Waals surface area contributed by atoms with E-state index in [9.17, 15) is 14.0 Å². The SMILES string of the molecule is COC(=O)CN(C)c1cc(F)cc(C(C)=O)c1. The van der Waals surface area contributed by atoms with Crippen LogP contribution in [0.2, 0.25) is 0 Å². The molecule has 0 bridgehead atoms. The van der Waals surface area contributed by atoms with Gasteiger partial charge in [0.15, 0.2) is 5.78 Å². The van der Waals surface area contributed by atoms with E-state index in [4.69, 9.17) is 0 Å². The van der Waals surface area contributed by atoms with Crippen LogP contribution in [0.4, 0.5) is 10.1 Å². The molecule has 1 rings (SSSR count). The summed E-state index contributed by atoms with van der Waals surface area (Å²) >= 11 is 0. The van der Waals surface area contributed by atoms with Crippen molar-refractivity contribution in [3.63, 3.8) is 0 Å². The molecule has 0 atom stereocenters. The van der Waals surface area contributed by atoms with Crippen LogP contribution < -0.4 is 4.90 Å². The number of esters is 1. The first kappa shape index (κ1) is 13.2. The lowest BCUT2D eigenvalue weighted by molar-refractivity contribution is -0.138. The van der Waals surface area contributed by atoms with Gasteiger partial charge in [0, 0.05) is 18.3 Å². The number of anilines is 1. The molecule has 1 aromatic rings. The van der Waals surface area contributed by atoms with E-state index in [1.54, 1.807) is 7.05 Å². The average molecular weight is 239 g/mol. The van der Waals surface area contributed by atoms with E-state index >= 15 is 0 Å². The van der Waals surface area contributed by atoms with Crippen LogP contribution in [0.3, 0.4) is 0 Å². The summed E-state index contributed by atoms with van der Waals surface area (Å²) in [4.78, 5) is 23.8. The van der Waals surface area contributed by atoms with Crippen LogP contribution in [-0.4, -0.2) is 32.5 Å². The molecule has 0 heterocycles. The predicted octanol–water partition coefficient (Wildman–Crippen LogP) is 1.64. The summed E-state index contributed by atoms with van der Waals surface area (Å²) in [5.74, 6) is -1.16. The van der Waals surface area contributed by atoms with Crippen LogP contribution in [0, 0.1) is 5.82 Å². The van der Waals surface area contributed by atoms with Gasteiger partial charge in [0.1, 0.15) is 12.4 Å². The monoisotopic (exact) mass is 239 g/mol.